The Morgan fingerprint density at radius 1 is 0.540 bits per heavy atom. The molecule has 0 spiro atoms. The molecule has 0 N–H and O–H groups in total. The van der Waals surface area contributed by atoms with Crippen LogP contribution in [0.5, 0.6) is 0 Å². The highest BCUT2D eigenvalue weighted by molar-refractivity contribution is 6.11. The zero-order valence-corrected chi connectivity index (χ0v) is 26.9. The molecule has 5 heteroatoms. The Morgan fingerprint density at radius 2 is 1.24 bits per heavy atom. The number of para-hydroxylation sites is 4. The Labute approximate surface area is 288 Å². The molecule has 0 saturated heterocycles. The highest BCUT2D eigenvalue weighted by Crippen LogP contribution is 2.43. The van der Waals surface area contributed by atoms with Crippen molar-refractivity contribution in [3.63, 3.8) is 0 Å². The summed E-state index contributed by atoms with van der Waals surface area (Å²) < 4.78 is 4.38. The Morgan fingerprint density at radius 3 is 2.04 bits per heavy atom. The summed E-state index contributed by atoms with van der Waals surface area (Å²) in [4.78, 5) is 0. The fourth-order valence-electron chi connectivity index (χ4n) is 7.87. The SMILES string of the molecule is N#Cc1ccc2c(c1)c1ccccc1n2-c1ccc(C2=CC=CCC2c2ccccc2-n2c3ccccc3c3cccc(C#N)c32)cc1C#N. The summed E-state index contributed by atoms with van der Waals surface area (Å²) in [5.41, 5.74) is 10.8. The van der Waals surface area contributed by atoms with Crippen molar-refractivity contribution in [2.24, 2.45) is 0 Å². The van der Waals surface area contributed by atoms with Crippen LogP contribution >= 0.6 is 0 Å². The Bertz CT molecular complexity index is 2890. The van der Waals surface area contributed by atoms with Crippen LogP contribution in [-0.4, -0.2) is 9.13 Å². The lowest BCUT2D eigenvalue weighted by atomic mass is 9.80. The second-order valence-corrected chi connectivity index (χ2v) is 12.6. The molecule has 8 aromatic rings. The third kappa shape index (κ3) is 4.30. The van der Waals surface area contributed by atoms with Gasteiger partial charge >= 0.3 is 0 Å². The van der Waals surface area contributed by atoms with E-state index < -0.39 is 0 Å². The Kier molecular flexibility index (Phi) is 6.70. The molecule has 2 aromatic heterocycles. The molecule has 0 radical (unpaired) electrons. The highest BCUT2D eigenvalue weighted by Gasteiger charge is 2.26. The number of benzene rings is 6. The van der Waals surface area contributed by atoms with E-state index in [4.69, 9.17) is 0 Å². The zero-order valence-electron chi connectivity index (χ0n) is 26.9. The van der Waals surface area contributed by atoms with E-state index in [-0.39, 0.29) is 5.92 Å². The van der Waals surface area contributed by atoms with E-state index in [1.54, 1.807) is 0 Å². The molecule has 0 saturated carbocycles. The van der Waals surface area contributed by atoms with Crippen LogP contribution in [0.4, 0.5) is 0 Å². The van der Waals surface area contributed by atoms with E-state index in [2.05, 4.69) is 106 Å². The predicted molar refractivity (Wildman–Crippen MR) is 200 cm³/mol. The topological polar surface area (TPSA) is 81.2 Å². The summed E-state index contributed by atoms with van der Waals surface area (Å²) in [6.07, 6.45) is 7.26. The van der Waals surface area contributed by atoms with Crippen LogP contribution < -0.4 is 0 Å². The number of fused-ring (bicyclic) bond motifs is 6. The van der Waals surface area contributed by atoms with Crippen molar-refractivity contribution in [1.82, 2.24) is 9.13 Å². The van der Waals surface area contributed by atoms with Crippen molar-refractivity contribution in [1.29, 1.82) is 15.8 Å². The van der Waals surface area contributed by atoms with Crippen LogP contribution in [0.15, 0.2) is 146 Å². The minimum atomic E-state index is 0.0108. The fourth-order valence-corrected chi connectivity index (χ4v) is 7.87. The van der Waals surface area contributed by atoms with E-state index >= 15 is 0 Å². The van der Waals surface area contributed by atoms with Crippen LogP contribution in [0.1, 0.15) is 40.2 Å². The second kappa shape index (κ2) is 11.5. The zero-order chi connectivity index (χ0) is 33.8. The largest absolute Gasteiger partial charge is 0.308 e. The maximum absolute atomic E-state index is 10.6. The van der Waals surface area contributed by atoms with Gasteiger partial charge in [-0.25, -0.2) is 0 Å². The Balaban J connectivity index is 1.21. The molecule has 232 valence electrons. The van der Waals surface area contributed by atoms with Gasteiger partial charge in [0.25, 0.3) is 0 Å². The van der Waals surface area contributed by atoms with Gasteiger partial charge < -0.3 is 9.13 Å². The average molecular weight is 638 g/mol. The number of nitriles is 3. The maximum atomic E-state index is 10.6. The van der Waals surface area contributed by atoms with Crippen molar-refractivity contribution >= 4 is 49.2 Å². The molecule has 2 heterocycles. The second-order valence-electron chi connectivity index (χ2n) is 12.6. The molecule has 9 rings (SSSR count). The van der Waals surface area contributed by atoms with Crippen molar-refractivity contribution in [2.45, 2.75) is 12.3 Å². The van der Waals surface area contributed by atoms with E-state index in [0.717, 1.165) is 78.1 Å². The molecule has 0 amide bonds. The molecule has 1 unspecified atom stereocenters. The van der Waals surface area contributed by atoms with Gasteiger partial charge in [0, 0.05) is 27.5 Å². The third-order valence-corrected chi connectivity index (χ3v) is 10.0. The molecular formula is C45H27N5. The van der Waals surface area contributed by atoms with Gasteiger partial charge in [0.2, 0.25) is 0 Å². The van der Waals surface area contributed by atoms with Gasteiger partial charge in [-0.2, -0.15) is 15.8 Å². The number of hydrogen-bond donors (Lipinski definition) is 0. The molecule has 6 aromatic carbocycles. The summed E-state index contributed by atoms with van der Waals surface area (Å²) in [5, 5.41) is 34.6. The molecule has 50 heavy (non-hydrogen) atoms. The van der Waals surface area contributed by atoms with Crippen molar-refractivity contribution in [3.8, 4) is 29.6 Å². The van der Waals surface area contributed by atoms with E-state index in [0.29, 0.717) is 16.7 Å². The first-order valence-corrected chi connectivity index (χ1v) is 16.6. The van der Waals surface area contributed by atoms with Gasteiger partial charge in [0.15, 0.2) is 0 Å². The minimum absolute atomic E-state index is 0.0108. The first-order valence-electron chi connectivity index (χ1n) is 16.6. The van der Waals surface area contributed by atoms with Crippen LogP contribution in [0, 0.1) is 34.0 Å². The lowest BCUT2D eigenvalue weighted by molar-refractivity contribution is 0.862. The molecule has 0 bridgehead atoms. The summed E-state index contributed by atoms with van der Waals surface area (Å²) in [5.74, 6) is 0.0108. The number of rotatable bonds is 4. The van der Waals surface area contributed by atoms with Gasteiger partial charge in [-0.15, -0.1) is 0 Å². The van der Waals surface area contributed by atoms with Crippen LogP contribution in [0.25, 0.3) is 60.6 Å². The van der Waals surface area contributed by atoms with Gasteiger partial charge in [-0.3, -0.25) is 0 Å². The molecule has 1 atom stereocenters. The summed E-state index contributed by atoms with van der Waals surface area (Å²) in [6.45, 7) is 0. The van der Waals surface area contributed by atoms with Gasteiger partial charge in [-0.05, 0) is 77.7 Å². The summed E-state index contributed by atoms with van der Waals surface area (Å²) >= 11 is 0. The molecule has 0 aliphatic heterocycles. The summed E-state index contributed by atoms with van der Waals surface area (Å²) in [7, 11) is 0. The van der Waals surface area contributed by atoms with E-state index in [9.17, 15) is 15.8 Å². The van der Waals surface area contributed by atoms with Gasteiger partial charge in [0.1, 0.15) is 12.1 Å². The normalized spacial score (nSPS) is 14.1. The van der Waals surface area contributed by atoms with Crippen LogP contribution in [0.3, 0.4) is 0 Å². The first-order chi connectivity index (χ1) is 24.7. The van der Waals surface area contributed by atoms with Gasteiger partial charge in [0.05, 0.1) is 56.2 Å². The lowest BCUT2D eigenvalue weighted by Crippen LogP contribution is -2.09. The number of allylic oxidation sites excluding steroid dienone is 4. The quantitative estimate of drug-likeness (QED) is 0.193. The maximum Gasteiger partial charge on any atom is 0.101 e. The van der Waals surface area contributed by atoms with Crippen LogP contribution in [-0.2, 0) is 0 Å². The predicted octanol–water partition coefficient (Wildman–Crippen LogP) is 10.6. The lowest BCUT2D eigenvalue weighted by Gasteiger charge is -2.26. The summed E-state index contributed by atoms with van der Waals surface area (Å²) in [6, 6.07) is 50.0. The average Bonchev–Trinajstić information content (AvgIpc) is 3.70. The number of nitrogens with zero attached hydrogens (tertiary/aromatic N) is 5. The molecular weight excluding hydrogens is 611 g/mol. The molecule has 0 fully saturated rings. The van der Waals surface area contributed by atoms with Crippen molar-refractivity contribution < 1.29 is 0 Å². The highest BCUT2D eigenvalue weighted by atomic mass is 15.0. The number of aromatic nitrogens is 2. The third-order valence-electron chi connectivity index (χ3n) is 10.0. The van der Waals surface area contributed by atoms with Crippen molar-refractivity contribution in [2.75, 3.05) is 0 Å². The molecule has 1 aliphatic carbocycles. The monoisotopic (exact) mass is 637 g/mol. The minimum Gasteiger partial charge on any atom is -0.308 e. The number of hydrogen-bond acceptors (Lipinski definition) is 3. The smallest absolute Gasteiger partial charge is 0.101 e. The molecule has 1 aliphatic rings. The van der Waals surface area contributed by atoms with Crippen LogP contribution in [0.2, 0.25) is 0 Å². The van der Waals surface area contributed by atoms with E-state index in [1.807, 2.05) is 66.7 Å². The van der Waals surface area contributed by atoms with E-state index in [1.165, 1.54) is 0 Å². The standard InChI is InChI=1S/C45H27N5/c46-26-29-20-22-44-39(24-29)37-15-5-6-17-41(37)49(44)40-23-21-30(25-32(40)28-48)33-11-1-2-12-34(33)35-13-3-7-18-42(35)50-43-19-8-4-14-36(43)38-16-9-10-31(27-47)45(38)50/h1-11,13-25,34H,12H2. The fraction of sp³-hybridized carbons (Fsp3) is 0.0444. The Hall–Kier alpha value is -7.13. The van der Waals surface area contributed by atoms with Crippen molar-refractivity contribution in [3.05, 3.63) is 173 Å². The molecule has 5 nitrogen and oxygen atoms in total. The van der Waals surface area contributed by atoms with Gasteiger partial charge in [-0.1, -0.05) is 91.0 Å². The first kappa shape index (κ1) is 29.0.